The molecule has 2 heterocycles. The van der Waals surface area contributed by atoms with E-state index in [1.165, 1.54) is 7.11 Å². The fraction of sp³-hybridized carbons (Fsp3) is 0.467. The van der Waals surface area contributed by atoms with Crippen LogP contribution in [0.5, 0.6) is 0 Å². The summed E-state index contributed by atoms with van der Waals surface area (Å²) in [7, 11) is 1.38. The predicted octanol–water partition coefficient (Wildman–Crippen LogP) is 3.06. The summed E-state index contributed by atoms with van der Waals surface area (Å²) in [5.74, 6) is 0.225. The van der Waals surface area contributed by atoms with E-state index in [1.54, 1.807) is 6.07 Å². The van der Waals surface area contributed by atoms with Gasteiger partial charge < -0.3 is 9.47 Å². The summed E-state index contributed by atoms with van der Waals surface area (Å²) in [6.07, 6.45) is 2.24. The summed E-state index contributed by atoms with van der Waals surface area (Å²) in [5, 5.41) is 0. The van der Waals surface area contributed by atoms with E-state index in [-0.39, 0.29) is 18.0 Å². The topological polar surface area (TPSA) is 47.9 Å². The number of aliphatic imine (C=N–C) groups is 1. The minimum atomic E-state index is -0.328. The van der Waals surface area contributed by atoms with Crippen LogP contribution in [0.15, 0.2) is 23.2 Å². The van der Waals surface area contributed by atoms with Crippen LogP contribution in [0, 0.1) is 0 Å². The molecule has 1 saturated heterocycles. The zero-order chi connectivity index (χ0) is 14.1. The minimum absolute atomic E-state index is 0.150. The Balaban J connectivity index is 1.90. The molecule has 106 valence electrons. The predicted molar refractivity (Wildman–Crippen MR) is 77.3 cm³/mol. The smallest absolute Gasteiger partial charge is 0.337 e. The summed E-state index contributed by atoms with van der Waals surface area (Å²) >= 11 is 6.00. The maximum absolute atomic E-state index is 11.7. The Morgan fingerprint density at radius 1 is 1.55 bits per heavy atom. The van der Waals surface area contributed by atoms with Crippen LogP contribution in [0.1, 0.15) is 34.7 Å². The van der Waals surface area contributed by atoms with Crippen LogP contribution < -0.4 is 0 Å². The Labute approximate surface area is 122 Å². The van der Waals surface area contributed by atoms with E-state index in [0.717, 1.165) is 36.4 Å². The van der Waals surface area contributed by atoms with Crippen LogP contribution in [-0.4, -0.2) is 37.4 Å². The highest BCUT2D eigenvalue weighted by atomic mass is 35.5. The summed E-state index contributed by atoms with van der Waals surface area (Å²) < 4.78 is 10.3. The lowest BCUT2D eigenvalue weighted by atomic mass is 9.88. The molecule has 0 bridgehead atoms. The van der Waals surface area contributed by atoms with Crippen LogP contribution in [0.2, 0.25) is 0 Å². The highest BCUT2D eigenvalue weighted by molar-refractivity contribution is 6.30. The molecule has 3 rings (SSSR count). The Kier molecular flexibility index (Phi) is 3.76. The van der Waals surface area contributed by atoms with Crippen molar-refractivity contribution in [2.24, 2.45) is 4.99 Å². The van der Waals surface area contributed by atoms with Gasteiger partial charge in [0.25, 0.3) is 0 Å². The molecule has 0 aromatic heterocycles. The number of rotatable bonds is 4. The van der Waals surface area contributed by atoms with Gasteiger partial charge >= 0.3 is 5.97 Å². The van der Waals surface area contributed by atoms with Gasteiger partial charge in [0.15, 0.2) is 0 Å². The van der Waals surface area contributed by atoms with Crippen molar-refractivity contribution in [3.63, 3.8) is 0 Å². The van der Waals surface area contributed by atoms with Gasteiger partial charge in [-0.1, -0.05) is 0 Å². The molecule has 0 N–H and O–H groups in total. The van der Waals surface area contributed by atoms with E-state index in [4.69, 9.17) is 21.1 Å². The van der Waals surface area contributed by atoms with Gasteiger partial charge in [0.2, 0.25) is 0 Å². The number of nitrogens with zero attached hydrogens (tertiary/aromatic N) is 1. The van der Waals surface area contributed by atoms with E-state index < -0.39 is 0 Å². The van der Waals surface area contributed by atoms with Crippen molar-refractivity contribution in [2.45, 2.75) is 24.9 Å². The molecule has 1 aromatic carbocycles. The average molecular weight is 294 g/mol. The largest absolute Gasteiger partial charge is 0.465 e. The standard InChI is InChI=1S/C15H16ClNO3/c1-19-15(18)9-2-3-13-11(6-9)12(14(8-16)17-13)7-10-4-5-20-10/h2-3,6,10,12H,4-5,7-8H2,1H3/t10-,12?/m0/s1. The number of alkyl halides is 1. The number of halogens is 1. The summed E-state index contributed by atoms with van der Waals surface area (Å²) in [4.78, 5) is 16.2. The maximum atomic E-state index is 11.7. The zero-order valence-electron chi connectivity index (χ0n) is 11.3. The Morgan fingerprint density at radius 2 is 2.35 bits per heavy atom. The fourth-order valence-corrected chi connectivity index (χ4v) is 2.96. The average Bonchev–Trinajstić information content (AvgIpc) is 2.78. The molecule has 1 aromatic rings. The fourth-order valence-electron chi connectivity index (χ4n) is 2.71. The van der Waals surface area contributed by atoms with E-state index >= 15 is 0 Å². The first-order valence-electron chi connectivity index (χ1n) is 6.70. The molecule has 5 heteroatoms. The third-order valence-corrected chi connectivity index (χ3v) is 4.19. The van der Waals surface area contributed by atoms with Crippen molar-refractivity contribution in [1.82, 2.24) is 0 Å². The minimum Gasteiger partial charge on any atom is -0.465 e. The number of ether oxygens (including phenoxy) is 2. The van der Waals surface area contributed by atoms with Gasteiger partial charge in [0.1, 0.15) is 0 Å². The lowest BCUT2D eigenvalue weighted by molar-refractivity contribution is -0.0552. The lowest BCUT2D eigenvalue weighted by Crippen LogP contribution is -2.30. The molecule has 4 nitrogen and oxygen atoms in total. The van der Waals surface area contributed by atoms with Crippen LogP contribution in [0.3, 0.4) is 0 Å². The molecule has 0 aliphatic carbocycles. The zero-order valence-corrected chi connectivity index (χ0v) is 12.0. The van der Waals surface area contributed by atoms with Gasteiger partial charge in [-0.05, 0) is 36.6 Å². The third-order valence-electron chi connectivity index (χ3n) is 3.92. The molecule has 1 unspecified atom stereocenters. The quantitative estimate of drug-likeness (QED) is 0.633. The number of carbonyl (C=O) groups is 1. The highest BCUT2D eigenvalue weighted by Crippen LogP contribution is 2.40. The van der Waals surface area contributed by atoms with Gasteiger partial charge in [0, 0.05) is 18.2 Å². The van der Waals surface area contributed by atoms with E-state index in [0.29, 0.717) is 11.4 Å². The Bertz CT molecular complexity index is 566. The van der Waals surface area contributed by atoms with E-state index in [2.05, 4.69) is 4.99 Å². The first kappa shape index (κ1) is 13.6. The molecule has 2 aliphatic rings. The van der Waals surface area contributed by atoms with Gasteiger partial charge in [0.05, 0.1) is 30.3 Å². The molecule has 0 spiro atoms. The first-order chi connectivity index (χ1) is 9.72. The van der Waals surface area contributed by atoms with Crippen LogP contribution in [0.25, 0.3) is 0 Å². The second-order valence-corrected chi connectivity index (χ2v) is 5.34. The van der Waals surface area contributed by atoms with Crippen molar-refractivity contribution in [2.75, 3.05) is 19.6 Å². The first-order valence-corrected chi connectivity index (χ1v) is 7.23. The van der Waals surface area contributed by atoms with Gasteiger partial charge in [-0.2, -0.15) is 0 Å². The molecular formula is C15H16ClNO3. The van der Waals surface area contributed by atoms with Gasteiger partial charge in [-0.15, -0.1) is 11.6 Å². The molecular weight excluding hydrogens is 278 g/mol. The van der Waals surface area contributed by atoms with Crippen molar-refractivity contribution in [3.05, 3.63) is 29.3 Å². The molecule has 1 fully saturated rings. The lowest BCUT2D eigenvalue weighted by Gasteiger charge is -2.29. The molecule has 0 amide bonds. The second kappa shape index (κ2) is 5.54. The second-order valence-electron chi connectivity index (χ2n) is 5.07. The monoisotopic (exact) mass is 293 g/mol. The number of hydrogen-bond donors (Lipinski definition) is 0. The molecule has 0 saturated carbocycles. The van der Waals surface area contributed by atoms with Crippen molar-refractivity contribution < 1.29 is 14.3 Å². The molecule has 2 atom stereocenters. The molecule has 20 heavy (non-hydrogen) atoms. The summed E-state index contributed by atoms with van der Waals surface area (Å²) in [6, 6.07) is 5.46. The number of esters is 1. The van der Waals surface area contributed by atoms with Gasteiger partial charge in [-0.3, -0.25) is 4.99 Å². The maximum Gasteiger partial charge on any atom is 0.337 e. The van der Waals surface area contributed by atoms with Crippen LogP contribution >= 0.6 is 11.6 Å². The van der Waals surface area contributed by atoms with Crippen LogP contribution in [0.4, 0.5) is 5.69 Å². The Morgan fingerprint density at radius 3 is 2.95 bits per heavy atom. The van der Waals surface area contributed by atoms with E-state index in [9.17, 15) is 4.79 Å². The molecule has 0 radical (unpaired) electrons. The normalized spacial score (nSPS) is 23.8. The van der Waals surface area contributed by atoms with Crippen molar-refractivity contribution >= 4 is 29.0 Å². The number of carbonyl (C=O) groups excluding carboxylic acids is 1. The summed E-state index contributed by atoms with van der Waals surface area (Å²) in [5.41, 5.74) is 3.47. The summed E-state index contributed by atoms with van der Waals surface area (Å²) in [6.45, 7) is 0.833. The number of fused-ring (bicyclic) bond motifs is 1. The Hall–Kier alpha value is -1.39. The number of hydrogen-bond acceptors (Lipinski definition) is 4. The van der Waals surface area contributed by atoms with Crippen LogP contribution in [-0.2, 0) is 9.47 Å². The number of methoxy groups -OCH3 is 1. The van der Waals surface area contributed by atoms with Crippen molar-refractivity contribution in [3.8, 4) is 0 Å². The van der Waals surface area contributed by atoms with Gasteiger partial charge in [-0.25, -0.2) is 4.79 Å². The van der Waals surface area contributed by atoms with Crippen molar-refractivity contribution in [1.29, 1.82) is 0 Å². The highest BCUT2D eigenvalue weighted by Gasteiger charge is 2.32. The number of benzene rings is 1. The molecule has 2 aliphatic heterocycles. The van der Waals surface area contributed by atoms with E-state index in [1.807, 2.05) is 12.1 Å². The third kappa shape index (κ3) is 2.34. The SMILES string of the molecule is COC(=O)c1ccc2c(c1)C(C[C@@H]1CCO1)C(CCl)=N2.